The van der Waals surface area contributed by atoms with Gasteiger partial charge in [0.05, 0.1) is 11.4 Å². The average molecular weight is 651 g/mol. The van der Waals surface area contributed by atoms with E-state index in [1.165, 1.54) is 10.9 Å². The molecule has 2 heterocycles. The van der Waals surface area contributed by atoms with Crippen molar-refractivity contribution in [2.75, 3.05) is 0 Å². The molecule has 0 N–H and O–H groups in total. The van der Waals surface area contributed by atoms with Gasteiger partial charge in [0.25, 0.3) is 0 Å². The Bertz CT molecular complexity index is 2770. The van der Waals surface area contributed by atoms with Crippen LogP contribution in [0.15, 0.2) is 182 Å². The largest absolute Gasteiger partial charge is 0.456 e. The molecule has 1 aromatic heterocycles. The zero-order valence-corrected chi connectivity index (χ0v) is 27.6. The second-order valence-corrected chi connectivity index (χ2v) is 12.9. The second kappa shape index (κ2) is 11.9. The van der Waals surface area contributed by atoms with Gasteiger partial charge in [-0.05, 0) is 68.2 Å². The van der Waals surface area contributed by atoms with Gasteiger partial charge in [0.2, 0.25) is 0 Å². The van der Waals surface area contributed by atoms with Gasteiger partial charge in [-0.3, -0.25) is 0 Å². The number of fused-ring (bicyclic) bond motifs is 3. The molecule has 0 saturated heterocycles. The number of hydrogen-bond acceptors (Lipinski definition) is 3. The van der Waals surface area contributed by atoms with Crippen molar-refractivity contribution in [2.45, 2.75) is 0 Å². The molecule has 0 spiro atoms. The lowest BCUT2D eigenvalue weighted by Crippen LogP contribution is -1.98. The lowest BCUT2D eigenvalue weighted by molar-refractivity contribution is 0.487. The van der Waals surface area contributed by atoms with Gasteiger partial charge >= 0.3 is 0 Å². The van der Waals surface area contributed by atoms with Gasteiger partial charge in [-0.1, -0.05) is 158 Å². The normalized spacial score (nSPS) is 11.7. The van der Waals surface area contributed by atoms with Gasteiger partial charge in [0.1, 0.15) is 11.5 Å². The maximum Gasteiger partial charge on any atom is 0.160 e. The van der Waals surface area contributed by atoms with E-state index >= 15 is 0 Å². The summed E-state index contributed by atoms with van der Waals surface area (Å²) in [6, 6.07) is 63.8. The molecule has 3 nitrogen and oxygen atoms in total. The molecule has 0 amide bonds. The van der Waals surface area contributed by atoms with Crippen molar-refractivity contribution >= 4 is 21.5 Å². The summed E-state index contributed by atoms with van der Waals surface area (Å²) in [7, 11) is 0. The second-order valence-electron chi connectivity index (χ2n) is 12.9. The number of ether oxygens (including phenoxy) is 1. The first kappa shape index (κ1) is 29.1. The van der Waals surface area contributed by atoms with Crippen LogP contribution in [-0.2, 0) is 0 Å². The summed E-state index contributed by atoms with van der Waals surface area (Å²) in [5.74, 6) is 2.48. The molecule has 3 heteroatoms. The van der Waals surface area contributed by atoms with Gasteiger partial charge in [-0.15, -0.1) is 0 Å². The third-order valence-corrected chi connectivity index (χ3v) is 9.91. The lowest BCUT2D eigenvalue weighted by Gasteiger charge is -2.22. The third kappa shape index (κ3) is 4.98. The summed E-state index contributed by atoms with van der Waals surface area (Å²) >= 11 is 0. The van der Waals surface area contributed by atoms with E-state index in [-0.39, 0.29) is 0 Å². The molecular formula is C48H30N2O. The van der Waals surface area contributed by atoms with E-state index in [1.807, 2.05) is 18.2 Å². The molecule has 238 valence electrons. The Balaban J connectivity index is 1.15. The minimum atomic E-state index is 0.697. The van der Waals surface area contributed by atoms with Gasteiger partial charge in [0, 0.05) is 27.6 Å². The Kier molecular flexibility index (Phi) is 6.81. The summed E-state index contributed by atoms with van der Waals surface area (Å²) < 4.78 is 6.42. The van der Waals surface area contributed by atoms with Crippen LogP contribution in [0, 0.1) is 0 Å². The van der Waals surface area contributed by atoms with Gasteiger partial charge in [-0.2, -0.15) is 0 Å². The van der Waals surface area contributed by atoms with Crippen LogP contribution in [-0.4, -0.2) is 9.97 Å². The molecule has 0 atom stereocenters. The Morgan fingerprint density at radius 1 is 0.333 bits per heavy atom. The van der Waals surface area contributed by atoms with Gasteiger partial charge < -0.3 is 4.74 Å². The van der Waals surface area contributed by atoms with Crippen LogP contribution in [0.2, 0.25) is 0 Å². The van der Waals surface area contributed by atoms with E-state index in [4.69, 9.17) is 14.7 Å². The predicted octanol–water partition coefficient (Wildman–Crippen LogP) is 12.9. The number of benzene rings is 8. The fourth-order valence-corrected chi connectivity index (χ4v) is 7.52. The SMILES string of the molecule is c1ccc(-c2nc(-c3ccccc3-c3ccccc3)cc(-c3ccc(-c4ccc5c(c4)-c4cccc6cccc(c46)O5)c4ccccc34)n2)cc1. The van der Waals surface area contributed by atoms with Crippen molar-refractivity contribution in [3.8, 4) is 78.8 Å². The van der Waals surface area contributed by atoms with E-state index in [0.29, 0.717) is 5.82 Å². The Labute approximate surface area is 296 Å². The van der Waals surface area contributed by atoms with Crippen molar-refractivity contribution in [2.24, 2.45) is 0 Å². The molecule has 1 aliphatic rings. The molecule has 10 rings (SSSR count). The van der Waals surface area contributed by atoms with Crippen LogP contribution >= 0.6 is 0 Å². The monoisotopic (exact) mass is 650 g/mol. The van der Waals surface area contributed by atoms with E-state index in [2.05, 4.69) is 164 Å². The Hall–Kier alpha value is -6.84. The quantitative estimate of drug-likeness (QED) is 0.186. The molecule has 51 heavy (non-hydrogen) atoms. The number of nitrogens with zero attached hydrogens (tertiary/aromatic N) is 2. The number of aromatic nitrogens is 2. The summed E-state index contributed by atoms with van der Waals surface area (Å²) in [6.45, 7) is 0. The highest BCUT2D eigenvalue weighted by Crippen LogP contribution is 2.48. The minimum Gasteiger partial charge on any atom is -0.456 e. The summed E-state index contributed by atoms with van der Waals surface area (Å²) in [4.78, 5) is 10.4. The zero-order chi connectivity index (χ0) is 33.7. The van der Waals surface area contributed by atoms with Crippen LogP contribution in [0.25, 0.3) is 88.8 Å². The zero-order valence-electron chi connectivity index (χ0n) is 27.6. The maximum atomic E-state index is 6.42. The molecule has 0 fully saturated rings. The van der Waals surface area contributed by atoms with Gasteiger partial charge in [-0.25, -0.2) is 9.97 Å². The standard InChI is InChI=1S/C48H30N2O/c1-3-13-31(14-4-1)35-19-7-10-22-39(35)43-30-44(50-48(49-43)33-15-5-2-6-16-33)40-27-26-36(37-20-8-9-21-38(37)40)34-25-28-45-42(29-34)41-23-11-17-32-18-12-24-46(51-45)47(32)41/h1-30H. The van der Waals surface area contributed by atoms with Crippen LogP contribution in [0.5, 0.6) is 11.5 Å². The maximum absolute atomic E-state index is 6.42. The molecule has 0 radical (unpaired) electrons. The molecule has 0 aliphatic carbocycles. The van der Waals surface area contributed by atoms with Crippen molar-refractivity contribution < 1.29 is 4.74 Å². The topological polar surface area (TPSA) is 35.0 Å². The first-order valence-corrected chi connectivity index (χ1v) is 17.2. The van der Waals surface area contributed by atoms with Crippen molar-refractivity contribution in [3.05, 3.63) is 182 Å². The van der Waals surface area contributed by atoms with E-state index in [9.17, 15) is 0 Å². The molecule has 9 aromatic rings. The Morgan fingerprint density at radius 3 is 1.73 bits per heavy atom. The summed E-state index contributed by atoms with van der Waals surface area (Å²) in [5.41, 5.74) is 11.8. The molecule has 1 aliphatic heterocycles. The van der Waals surface area contributed by atoms with Crippen LogP contribution in [0.4, 0.5) is 0 Å². The van der Waals surface area contributed by atoms with E-state index < -0.39 is 0 Å². The van der Waals surface area contributed by atoms with Crippen LogP contribution in [0.1, 0.15) is 0 Å². The molecule has 0 unspecified atom stereocenters. The predicted molar refractivity (Wildman–Crippen MR) is 210 cm³/mol. The highest BCUT2D eigenvalue weighted by Gasteiger charge is 2.21. The van der Waals surface area contributed by atoms with Crippen molar-refractivity contribution in [3.63, 3.8) is 0 Å². The van der Waals surface area contributed by atoms with Crippen LogP contribution in [0.3, 0.4) is 0 Å². The molecule has 8 aromatic carbocycles. The minimum absolute atomic E-state index is 0.697. The van der Waals surface area contributed by atoms with Crippen molar-refractivity contribution in [1.29, 1.82) is 0 Å². The highest BCUT2D eigenvalue weighted by molar-refractivity contribution is 6.07. The van der Waals surface area contributed by atoms with Crippen LogP contribution < -0.4 is 4.74 Å². The average Bonchev–Trinajstić information content (AvgIpc) is 3.21. The lowest BCUT2D eigenvalue weighted by atomic mass is 9.89. The van der Waals surface area contributed by atoms with Crippen molar-refractivity contribution in [1.82, 2.24) is 9.97 Å². The fraction of sp³-hybridized carbons (Fsp3) is 0. The molecule has 0 saturated carbocycles. The first-order valence-electron chi connectivity index (χ1n) is 17.2. The summed E-state index contributed by atoms with van der Waals surface area (Å²) in [5, 5.41) is 4.64. The summed E-state index contributed by atoms with van der Waals surface area (Å²) in [6.07, 6.45) is 0. The Morgan fingerprint density at radius 2 is 0.941 bits per heavy atom. The number of rotatable bonds is 5. The van der Waals surface area contributed by atoms with E-state index in [1.54, 1.807) is 0 Å². The number of hydrogen-bond donors (Lipinski definition) is 0. The van der Waals surface area contributed by atoms with E-state index in [0.717, 1.165) is 83.6 Å². The third-order valence-electron chi connectivity index (χ3n) is 9.91. The molecule has 0 bridgehead atoms. The molecular weight excluding hydrogens is 621 g/mol. The fourth-order valence-electron chi connectivity index (χ4n) is 7.52. The van der Waals surface area contributed by atoms with Gasteiger partial charge in [0.15, 0.2) is 5.82 Å². The first-order chi connectivity index (χ1) is 25.3. The highest BCUT2D eigenvalue weighted by atomic mass is 16.5. The smallest absolute Gasteiger partial charge is 0.160 e.